The molecule has 1 aliphatic heterocycles. The molecule has 2 aromatic rings. The van der Waals surface area contributed by atoms with E-state index in [4.69, 9.17) is 4.74 Å². The van der Waals surface area contributed by atoms with Gasteiger partial charge in [-0.3, -0.25) is 0 Å². The molecular formula is C16H16NNaO4S. The van der Waals surface area contributed by atoms with Gasteiger partial charge in [0.1, 0.15) is 0 Å². The van der Waals surface area contributed by atoms with Crippen molar-refractivity contribution in [2.75, 3.05) is 17.2 Å². The molecule has 0 unspecified atom stereocenters. The van der Waals surface area contributed by atoms with Gasteiger partial charge < -0.3 is 14.2 Å². The fourth-order valence-corrected chi connectivity index (χ4v) is 3.18. The molecule has 1 heterocycles. The second kappa shape index (κ2) is 7.23. The van der Waals surface area contributed by atoms with Gasteiger partial charge in [0.15, 0.2) is 11.5 Å². The predicted molar refractivity (Wildman–Crippen MR) is 83.9 cm³/mol. The van der Waals surface area contributed by atoms with Crippen LogP contribution in [0.5, 0.6) is 11.5 Å². The molecule has 0 aromatic heterocycles. The summed E-state index contributed by atoms with van der Waals surface area (Å²) in [4.78, 5) is 2.02. The van der Waals surface area contributed by atoms with E-state index in [-0.39, 0.29) is 41.7 Å². The van der Waals surface area contributed by atoms with Crippen molar-refractivity contribution >= 4 is 21.5 Å². The quantitative estimate of drug-likeness (QED) is 0.586. The maximum atomic E-state index is 10.8. The summed E-state index contributed by atoms with van der Waals surface area (Å²) < 4.78 is 38.4. The standard InChI is InChI=1S/C16H17NO4S.Na/c1-12-6-4-9-15-16(12)17(10-5-11-22(18,19)20)13-7-2-3-8-14(13)21-15;/h2-4,6-9H,5,10-11H2,1H3,(H,18,19,20);/q;+1/p-1. The molecule has 23 heavy (non-hydrogen) atoms. The number of hydrogen-bond donors (Lipinski definition) is 0. The first-order valence-electron chi connectivity index (χ1n) is 7.03. The number of fused-ring (bicyclic) bond motifs is 2. The molecule has 0 bridgehead atoms. The molecule has 0 fully saturated rings. The SMILES string of the molecule is Cc1cccc2c1N(CCCS(=O)(=O)[O-])c1ccccc1O2.[Na+]. The van der Waals surface area contributed by atoms with Crippen LogP contribution in [0.15, 0.2) is 42.5 Å². The number of ether oxygens (including phenoxy) is 1. The molecule has 0 aliphatic carbocycles. The van der Waals surface area contributed by atoms with Gasteiger partial charge in [-0.05, 0) is 37.1 Å². The van der Waals surface area contributed by atoms with Crippen molar-refractivity contribution in [3.8, 4) is 11.5 Å². The summed E-state index contributed by atoms with van der Waals surface area (Å²) in [6, 6.07) is 13.4. The zero-order chi connectivity index (χ0) is 15.7. The molecule has 0 saturated carbocycles. The third-order valence-electron chi connectivity index (χ3n) is 3.62. The van der Waals surface area contributed by atoms with Crippen molar-refractivity contribution in [3.05, 3.63) is 48.0 Å². The van der Waals surface area contributed by atoms with Crippen molar-refractivity contribution in [3.63, 3.8) is 0 Å². The summed E-state index contributed by atoms with van der Waals surface area (Å²) >= 11 is 0. The largest absolute Gasteiger partial charge is 1.00 e. The first-order valence-corrected chi connectivity index (χ1v) is 8.61. The Morgan fingerprint density at radius 1 is 1.09 bits per heavy atom. The molecule has 2 aromatic carbocycles. The van der Waals surface area contributed by atoms with Gasteiger partial charge in [0.25, 0.3) is 0 Å². The number of nitrogens with zero attached hydrogens (tertiary/aromatic N) is 1. The van der Waals surface area contributed by atoms with E-state index < -0.39 is 10.1 Å². The van der Waals surface area contributed by atoms with Gasteiger partial charge in [-0.2, -0.15) is 0 Å². The van der Waals surface area contributed by atoms with Crippen LogP contribution in [-0.2, 0) is 10.1 Å². The number of anilines is 2. The summed E-state index contributed by atoms with van der Waals surface area (Å²) in [5.74, 6) is 1.10. The average Bonchev–Trinajstić information content (AvgIpc) is 2.45. The van der Waals surface area contributed by atoms with Crippen molar-refractivity contribution in [1.29, 1.82) is 0 Å². The van der Waals surface area contributed by atoms with Gasteiger partial charge in [0.05, 0.1) is 21.5 Å². The van der Waals surface area contributed by atoms with E-state index in [0.29, 0.717) is 6.54 Å². The van der Waals surface area contributed by atoms with E-state index in [0.717, 1.165) is 28.4 Å². The summed E-state index contributed by atoms with van der Waals surface area (Å²) in [6.45, 7) is 2.42. The van der Waals surface area contributed by atoms with Crippen LogP contribution in [0.2, 0.25) is 0 Å². The Hall–Kier alpha value is -1.05. The van der Waals surface area contributed by atoms with E-state index >= 15 is 0 Å². The second-order valence-corrected chi connectivity index (χ2v) is 6.78. The van der Waals surface area contributed by atoms with Gasteiger partial charge >= 0.3 is 29.6 Å². The Labute approximate surface area is 158 Å². The van der Waals surface area contributed by atoms with Crippen LogP contribution in [0.4, 0.5) is 11.4 Å². The van der Waals surface area contributed by atoms with Crippen molar-refractivity contribution in [2.45, 2.75) is 13.3 Å². The minimum Gasteiger partial charge on any atom is -0.748 e. The van der Waals surface area contributed by atoms with Crippen LogP contribution < -0.4 is 39.2 Å². The minimum absolute atomic E-state index is 0. The molecule has 0 saturated heterocycles. The van der Waals surface area contributed by atoms with Crippen LogP contribution in [0.25, 0.3) is 0 Å². The first-order chi connectivity index (χ1) is 10.5. The number of benzene rings is 2. The third-order valence-corrected chi connectivity index (χ3v) is 4.41. The van der Waals surface area contributed by atoms with Crippen molar-refractivity contribution < 1.29 is 47.3 Å². The Balaban J connectivity index is 0.00000192. The smallest absolute Gasteiger partial charge is 0.748 e. The van der Waals surface area contributed by atoms with Gasteiger partial charge in [-0.15, -0.1) is 0 Å². The monoisotopic (exact) mass is 341 g/mol. The predicted octanol–water partition coefficient (Wildman–Crippen LogP) is 0.178. The van der Waals surface area contributed by atoms with Crippen LogP contribution in [0.3, 0.4) is 0 Å². The normalized spacial score (nSPS) is 12.7. The number of para-hydroxylation sites is 3. The summed E-state index contributed by atoms with van der Waals surface area (Å²) in [5, 5.41) is 0. The van der Waals surface area contributed by atoms with Crippen LogP contribution in [0, 0.1) is 6.92 Å². The molecule has 0 spiro atoms. The number of hydrogen-bond acceptors (Lipinski definition) is 5. The number of aryl methyl sites for hydroxylation is 1. The molecule has 0 N–H and O–H groups in total. The van der Waals surface area contributed by atoms with Crippen molar-refractivity contribution in [2.24, 2.45) is 0 Å². The number of rotatable bonds is 4. The average molecular weight is 341 g/mol. The zero-order valence-corrected chi connectivity index (χ0v) is 16.0. The molecule has 3 rings (SSSR count). The van der Waals surface area contributed by atoms with Crippen molar-refractivity contribution in [1.82, 2.24) is 0 Å². The molecule has 0 radical (unpaired) electrons. The van der Waals surface area contributed by atoms with E-state index in [1.807, 2.05) is 54.3 Å². The first kappa shape index (κ1) is 18.3. The molecule has 7 heteroatoms. The molecule has 0 amide bonds. The van der Waals surface area contributed by atoms with Gasteiger partial charge in [-0.25, -0.2) is 8.42 Å². The molecular weight excluding hydrogens is 325 g/mol. The zero-order valence-electron chi connectivity index (χ0n) is 13.2. The minimum atomic E-state index is -4.20. The molecule has 5 nitrogen and oxygen atoms in total. The summed E-state index contributed by atoms with van der Waals surface area (Å²) in [6.07, 6.45) is 0.272. The Bertz CT molecular complexity index is 807. The van der Waals surface area contributed by atoms with Gasteiger partial charge in [0, 0.05) is 12.3 Å². The maximum Gasteiger partial charge on any atom is 1.00 e. The van der Waals surface area contributed by atoms with E-state index in [1.165, 1.54) is 0 Å². The van der Waals surface area contributed by atoms with Crippen LogP contribution >= 0.6 is 0 Å². The van der Waals surface area contributed by atoms with Gasteiger partial charge in [-0.1, -0.05) is 24.3 Å². The fraction of sp³-hybridized carbons (Fsp3) is 0.250. The summed E-state index contributed by atoms with van der Waals surface area (Å²) in [7, 11) is -4.20. The fourth-order valence-electron chi connectivity index (χ4n) is 2.70. The second-order valence-electron chi connectivity index (χ2n) is 5.26. The Morgan fingerprint density at radius 3 is 2.52 bits per heavy atom. The molecule has 1 aliphatic rings. The third kappa shape index (κ3) is 4.08. The van der Waals surface area contributed by atoms with Crippen LogP contribution in [-0.4, -0.2) is 25.3 Å². The molecule has 0 atom stereocenters. The van der Waals surface area contributed by atoms with Crippen LogP contribution in [0.1, 0.15) is 12.0 Å². The maximum absolute atomic E-state index is 10.8. The Morgan fingerprint density at radius 2 is 1.78 bits per heavy atom. The van der Waals surface area contributed by atoms with E-state index in [9.17, 15) is 13.0 Å². The van der Waals surface area contributed by atoms with E-state index in [2.05, 4.69) is 0 Å². The summed E-state index contributed by atoms with van der Waals surface area (Å²) in [5.41, 5.74) is 2.84. The Kier molecular flexibility index (Phi) is 5.75. The molecule has 116 valence electrons. The van der Waals surface area contributed by atoms with Gasteiger partial charge in [0.2, 0.25) is 0 Å². The van der Waals surface area contributed by atoms with E-state index in [1.54, 1.807) is 0 Å². The topological polar surface area (TPSA) is 69.7 Å².